The molecule has 0 spiro atoms. The molecular weight excluding hydrogens is 356 g/mol. The molecule has 0 saturated heterocycles. The van der Waals surface area contributed by atoms with Crippen LogP contribution in [0.4, 0.5) is 5.69 Å². The molecule has 2 amide bonds. The van der Waals surface area contributed by atoms with Gasteiger partial charge in [-0.05, 0) is 49.9 Å². The summed E-state index contributed by atoms with van der Waals surface area (Å²) < 4.78 is 11.2. The van der Waals surface area contributed by atoms with Crippen LogP contribution in [0.1, 0.15) is 44.3 Å². The van der Waals surface area contributed by atoms with E-state index in [4.69, 9.17) is 9.15 Å². The van der Waals surface area contributed by atoms with Crippen molar-refractivity contribution >= 4 is 17.5 Å². The van der Waals surface area contributed by atoms with Crippen LogP contribution in [0, 0.1) is 5.92 Å². The normalized spacial score (nSPS) is 16.7. The topological polar surface area (TPSA) is 71.8 Å². The Labute approximate surface area is 164 Å². The van der Waals surface area contributed by atoms with Gasteiger partial charge in [0.05, 0.1) is 12.8 Å². The van der Waals surface area contributed by atoms with Crippen molar-refractivity contribution in [2.45, 2.75) is 51.1 Å². The number of amides is 2. The van der Waals surface area contributed by atoms with Crippen molar-refractivity contribution in [3.8, 4) is 5.75 Å². The number of anilines is 1. The van der Waals surface area contributed by atoms with Gasteiger partial charge in [0.2, 0.25) is 5.91 Å². The number of rotatable bonds is 8. The summed E-state index contributed by atoms with van der Waals surface area (Å²) in [6.45, 7) is 0.439. The van der Waals surface area contributed by atoms with E-state index in [0.717, 1.165) is 44.3 Å². The molecule has 4 rings (SSSR count). The molecule has 2 saturated carbocycles. The van der Waals surface area contributed by atoms with Crippen LogP contribution in [0.25, 0.3) is 0 Å². The van der Waals surface area contributed by atoms with Crippen LogP contribution in [-0.4, -0.2) is 29.4 Å². The first-order chi connectivity index (χ1) is 13.7. The maximum atomic E-state index is 12.9. The maximum Gasteiger partial charge on any atom is 0.261 e. The summed E-state index contributed by atoms with van der Waals surface area (Å²) >= 11 is 0. The number of furan rings is 1. The quantitative estimate of drug-likeness (QED) is 0.750. The Morgan fingerprint density at radius 3 is 2.64 bits per heavy atom. The standard InChI is InChI=1S/C22H26N2O4/c25-21(24(18-6-1-2-7-18)14-20-9-4-12-27-20)15-28-19-8-3-5-17(13-19)23-22(26)16-10-11-16/h3-5,8-9,12-13,16,18H,1-2,6-7,10-11,14-15H2,(H,23,26). The Balaban J connectivity index is 1.36. The monoisotopic (exact) mass is 382 g/mol. The molecule has 6 heteroatoms. The number of hydrogen-bond donors (Lipinski definition) is 1. The molecule has 148 valence electrons. The lowest BCUT2D eigenvalue weighted by atomic mass is 10.2. The van der Waals surface area contributed by atoms with E-state index < -0.39 is 0 Å². The number of nitrogens with one attached hydrogen (secondary N) is 1. The molecule has 0 radical (unpaired) electrons. The SMILES string of the molecule is O=C(Nc1cccc(OCC(=O)N(Cc2ccco2)C2CCCC2)c1)C1CC1. The minimum absolute atomic E-state index is 0.0305. The van der Waals surface area contributed by atoms with Gasteiger partial charge >= 0.3 is 0 Å². The first-order valence-corrected chi connectivity index (χ1v) is 10.0. The average Bonchev–Trinajstić information content (AvgIpc) is 3.17. The van der Waals surface area contributed by atoms with Crippen LogP contribution >= 0.6 is 0 Å². The van der Waals surface area contributed by atoms with E-state index >= 15 is 0 Å². The highest BCUT2D eigenvalue weighted by molar-refractivity contribution is 5.94. The summed E-state index contributed by atoms with van der Waals surface area (Å²) in [5.74, 6) is 1.51. The third kappa shape index (κ3) is 4.74. The molecule has 0 atom stereocenters. The molecule has 1 aromatic heterocycles. The molecule has 2 aromatic rings. The van der Waals surface area contributed by atoms with Crippen LogP contribution in [0.15, 0.2) is 47.1 Å². The van der Waals surface area contributed by atoms with Crippen molar-refractivity contribution in [3.05, 3.63) is 48.4 Å². The molecule has 2 aliphatic rings. The molecule has 1 N–H and O–H groups in total. The van der Waals surface area contributed by atoms with Gasteiger partial charge in [-0.1, -0.05) is 18.9 Å². The third-order valence-electron chi connectivity index (χ3n) is 5.40. The highest BCUT2D eigenvalue weighted by Gasteiger charge is 2.30. The van der Waals surface area contributed by atoms with Gasteiger partial charge in [-0.15, -0.1) is 0 Å². The Kier molecular flexibility index (Phi) is 5.65. The predicted molar refractivity (Wildman–Crippen MR) is 105 cm³/mol. The van der Waals surface area contributed by atoms with Crippen LogP contribution in [0.5, 0.6) is 5.75 Å². The maximum absolute atomic E-state index is 12.9. The van der Waals surface area contributed by atoms with E-state index in [1.807, 2.05) is 29.2 Å². The van der Waals surface area contributed by atoms with Gasteiger partial charge in [0.15, 0.2) is 6.61 Å². The highest BCUT2D eigenvalue weighted by atomic mass is 16.5. The fraction of sp³-hybridized carbons (Fsp3) is 0.455. The molecule has 1 aromatic carbocycles. The van der Waals surface area contributed by atoms with Gasteiger partial charge in [0.1, 0.15) is 11.5 Å². The second-order valence-corrected chi connectivity index (χ2v) is 7.62. The lowest BCUT2D eigenvalue weighted by Crippen LogP contribution is -2.41. The second-order valence-electron chi connectivity index (χ2n) is 7.62. The third-order valence-corrected chi connectivity index (χ3v) is 5.40. The second kappa shape index (κ2) is 8.50. The fourth-order valence-corrected chi connectivity index (χ4v) is 3.69. The summed E-state index contributed by atoms with van der Waals surface area (Å²) in [5, 5.41) is 2.90. The van der Waals surface area contributed by atoms with Crippen molar-refractivity contribution in [1.29, 1.82) is 0 Å². The minimum atomic E-state index is -0.0456. The number of nitrogens with zero attached hydrogens (tertiary/aromatic N) is 1. The number of ether oxygens (including phenoxy) is 1. The number of hydrogen-bond acceptors (Lipinski definition) is 4. The van der Waals surface area contributed by atoms with Gasteiger partial charge in [0.25, 0.3) is 5.91 Å². The first kappa shape index (κ1) is 18.6. The van der Waals surface area contributed by atoms with Gasteiger partial charge < -0.3 is 19.4 Å². The summed E-state index contributed by atoms with van der Waals surface area (Å²) in [7, 11) is 0. The van der Waals surface area contributed by atoms with Crippen LogP contribution in [0.2, 0.25) is 0 Å². The number of benzene rings is 1. The molecule has 0 aliphatic heterocycles. The lowest BCUT2D eigenvalue weighted by molar-refractivity contribution is -0.136. The van der Waals surface area contributed by atoms with Gasteiger partial charge in [-0.2, -0.15) is 0 Å². The van der Waals surface area contributed by atoms with E-state index in [2.05, 4.69) is 5.32 Å². The summed E-state index contributed by atoms with van der Waals surface area (Å²) in [5.41, 5.74) is 0.699. The van der Waals surface area contributed by atoms with Crippen molar-refractivity contribution in [3.63, 3.8) is 0 Å². The Morgan fingerprint density at radius 2 is 1.93 bits per heavy atom. The molecule has 1 heterocycles. The van der Waals surface area contributed by atoms with Crippen molar-refractivity contribution < 1.29 is 18.7 Å². The predicted octanol–water partition coefficient (Wildman–Crippen LogP) is 3.98. The molecular formula is C22H26N2O4. The number of carbonyl (C=O) groups excluding carboxylic acids is 2. The number of carbonyl (C=O) groups is 2. The molecule has 0 bridgehead atoms. The fourth-order valence-electron chi connectivity index (χ4n) is 3.69. The lowest BCUT2D eigenvalue weighted by Gasteiger charge is -2.28. The van der Waals surface area contributed by atoms with Gasteiger partial charge in [-0.3, -0.25) is 9.59 Å². The van der Waals surface area contributed by atoms with Gasteiger partial charge in [-0.25, -0.2) is 0 Å². The van der Waals surface area contributed by atoms with E-state index in [9.17, 15) is 9.59 Å². The smallest absolute Gasteiger partial charge is 0.261 e. The van der Waals surface area contributed by atoms with Gasteiger partial charge in [0, 0.05) is 23.7 Å². The average molecular weight is 382 g/mol. The van der Waals surface area contributed by atoms with Crippen LogP contribution < -0.4 is 10.1 Å². The zero-order valence-electron chi connectivity index (χ0n) is 15.9. The van der Waals surface area contributed by atoms with E-state index in [1.165, 1.54) is 0 Å². The Hall–Kier alpha value is -2.76. The molecule has 2 aliphatic carbocycles. The van der Waals surface area contributed by atoms with E-state index in [-0.39, 0.29) is 30.4 Å². The van der Waals surface area contributed by atoms with Crippen molar-refractivity contribution in [2.75, 3.05) is 11.9 Å². The molecule has 28 heavy (non-hydrogen) atoms. The van der Waals surface area contributed by atoms with Crippen molar-refractivity contribution in [1.82, 2.24) is 4.90 Å². The van der Waals surface area contributed by atoms with Crippen molar-refractivity contribution in [2.24, 2.45) is 5.92 Å². The van der Waals surface area contributed by atoms with Crippen LogP contribution in [-0.2, 0) is 16.1 Å². The Bertz CT molecular complexity index is 808. The summed E-state index contributed by atoms with van der Waals surface area (Å²) in [4.78, 5) is 26.7. The zero-order chi connectivity index (χ0) is 19.3. The minimum Gasteiger partial charge on any atom is -0.484 e. The molecule has 2 fully saturated rings. The zero-order valence-corrected chi connectivity index (χ0v) is 15.9. The molecule has 6 nitrogen and oxygen atoms in total. The highest BCUT2D eigenvalue weighted by Crippen LogP contribution is 2.30. The summed E-state index contributed by atoms with van der Waals surface area (Å²) in [6, 6.07) is 11.2. The van der Waals surface area contributed by atoms with E-state index in [0.29, 0.717) is 18.0 Å². The molecule has 0 unspecified atom stereocenters. The first-order valence-electron chi connectivity index (χ1n) is 10.0. The largest absolute Gasteiger partial charge is 0.484 e. The van der Waals surface area contributed by atoms with Crippen LogP contribution in [0.3, 0.4) is 0 Å². The Morgan fingerprint density at radius 1 is 1.11 bits per heavy atom. The van der Waals surface area contributed by atoms with E-state index in [1.54, 1.807) is 18.4 Å². The summed E-state index contributed by atoms with van der Waals surface area (Å²) in [6.07, 6.45) is 7.90.